The summed E-state index contributed by atoms with van der Waals surface area (Å²) in [5.74, 6) is -0.186. The molecule has 41 heavy (non-hydrogen) atoms. The van der Waals surface area contributed by atoms with Crippen molar-refractivity contribution in [3.8, 4) is 28.3 Å². The number of carboxylic acids is 1. The van der Waals surface area contributed by atoms with Crippen LogP contribution in [-0.4, -0.2) is 53.2 Å². The van der Waals surface area contributed by atoms with Gasteiger partial charge in [0.1, 0.15) is 5.69 Å². The first-order chi connectivity index (χ1) is 20.0. The van der Waals surface area contributed by atoms with Crippen LogP contribution in [0.4, 0.5) is 11.6 Å². The number of aliphatic hydroxyl groups excluding tert-OH is 2. The molecule has 5 aromatic rings. The Morgan fingerprint density at radius 2 is 1.51 bits per heavy atom. The fraction of sp³-hybridized carbons (Fsp3) is 0.125. The molecule has 0 amide bonds. The van der Waals surface area contributed by atoms with Crippen molar-refractivity contribution in [1.29, 1.82) is 0 Å². The minimum Gasteiger partial charge on any atom is -0.481 e. The van der Waals surface area contributed by atoms with Gasteiger partial charge in [-0.1, -0.05) is 91.0 Å². The molecule has 0 saturated heterocycles. The summed E-state index contributed by atoms with van der Waals surface area (Å²) in [6, 6.07) is 30.8. The van der Waals surface area contributed by atoms with E-state index in [0.29, 0.717) is 17.5 Å². The van der Waals surface area contributed by atoms with Crippen molar-refractivity contribution in [2.75, 3.05) is 5.32 Å². The van der Waals surface area contributed by atoms with Crippen molar-refractivity contribution in [3.05, 3.63) is 115 Å². The van der Waals surface area contributed by atoms with Gasteiger partial charge in [0.2, 0.25) is 5.95 Å². The number of hydrogen-bond donors (Lipinski definition) is 4. The number of aliphatic hydroxyl groups is 2. The molecule has 0 aliphatic carbocycles. The van der Waals surface area contributed by atoms with E-state index in [1.165, 1.54) is 0 Å². The third-order valence-electron chi connectivity index (χ3n) is 6.31. The van der Waals surface area contributed by atoms with Crippen LogP contribution in [0.1, 0.15) is 18.4 Å². The molecule has 0 spiro atoms. The molecular formula is C32H29N5O4. The number of nitrogens with one attached hydrogen (secondary N) is 1. The highest BCUT2D eigenvalue weighted by Gasteiger charge is 2.22. The molecule has 9 nitrogen and oxygen atoms in total. The summed E-state index contributed by atoms with van der Waals surface area (Å²) in [5, 5.41) is 37.8. The molecule has 2 unspecified atom stereocenters. The van der Waals surface area contributed by atoms with E-state index in [4.69, 9.17) is 15.2 Å². The topological polar surface area (TPSA) is 133 Å². The van der Waals surface area contributed by atoms with Crippen LogP contribution in [0.3, 0.4) is 0 Å². The van der Waals surface area contributed by atoms with Gasteiger partial charge in [-0.25, -0.2) is 9.67 Å². The van der Waals surface area contributed by atoms with Gasteiger partial charge in [0.15, 0.2) is 5.82 Å². The average molecular weight is 548 g/mol. The predicted octanol–water partition coefficient (Wildman–Crippen LogP) is 5.34. The lowest BCUT2D eigenvalue weighted by Crippen LogP contribution is -2.19. The molecule has 2 atom stereocenters. The zero-order valence-electron chi connectivity index (χ0n) is 22.1. The number of hydrogen-bond acceptors (Lipinski definition) is 7. The molecule has 9 heteroatoms. The first kappa shape index (κ1) is 27.4. The second kappa shape index (κ2) is 12.8. The van der Waals surface area contributed by atoms with Crippen LogP contribution in [0.25, 0.3) is 34.4 Å². The third-order valence-corrected chi connectivity index (χ3v) is 6.31. The van der Waals surface area contributed by atoms with E-state index in [1.807, 2.05) is 91.0 Å². The highest BCUT2D eigenvalue weighted by atomic mass is 16.4. The summed E-state index contributed by atoms with van der Waals surface area (Å²) >= 11 is 0. The Labute approximate surface area is 237 Å². The summed E-state index contributed by atoms with van der Waals surface area (Å²) < 4.78 is 1.75. The Morgan fingerprint density at radius 1 is 0.878 bits per heavy atom. The number of nitrogens with zero attached hydrogens (tertiary/aromatic N) is 4. The molecule has 3 aromatic carbocycles. The molecule has 5 rings (SSSR count). The highest BCUT2D eigenvalue weighted by Crippen LogP contribution is 2.35. The number of para-hydroxylation sites is 1. The van der Waals surface area contributed by atoms with Crippen LogP contribution in [0.5, 0.6) is 0 Å². The molecule has 0 aliphatic heterocycles. The van der Waals surface area contributed by atoms with Crippen molar-refractivity contribution < 1.29 is 20.1 Å². The smallest absolute Gasteiger partial charge is 0.305 e. The van der Waals surface area contributed by atoms with Crippen molar-refractivity contribution in [2.45, 2.75) is 25.0 Å². The van der Waals surface area contributed by atoms with Crippen LogP contribution in [0.2, 0.25) is 0 Å². The van der Waals surface area contributed by atoms with Gasteiger partial charge in [-0.15, -0.1) is 0 Å². The fourth-order valence-electron chi connectivity index (χ4n) is 4.46. The number of anilines is 2. The standard InChI is InChI=1S/C32H29N5O4/c38-25(20-26(39)21-29(40)41)16-17-27-30(22-10-4-1-5-11-22)36-37(31(27)23-12-6-2-7-13-23)28-18-19-33-32(35-28)34-24-14-8-3-9-15-24/h1-19,25-26,38-39H,20-21H2,(H,40,41)(H,33,34,35). The molecule has 2 aromatic heterocycles. The van der Waals surface area contributed by atoms with Crippen LogP contribution >= 0.6 is 0 Å². The molecule has 0 radical (unpaired) electrons. The zero-order chi connectivity index (χ0) is 28.6. The Balaban J connectivity index is 1.62. The largest absolute Gasteiger partial charge is 0.481 e. The lowest BCUT2D eigenvalue weighted by Gasteiger charge is -2.12. The van der Waals surface area contributed by atoms with Crippen molar-refractivity contribution >= 4 is 23.7 Å². The van der Waals surface area contributed by atoms with E-state index < -0.39 is 24.6 Å². The zero-order valence-corrected chi connectivity index (χ0v) is 22.1. The second-order valence-corrected chi connectivity index (χ2v) is 9.40. The van der Waals surface area contributed by atoms with Crippen LogP contribution in [0, 0.1) is 0 Å². The van der Waals surface area contributed by atoms with E-state index in [0.717, 1.165) is 28.1 Å². The van der Waals surface area contributed by atoms with E-state index in [9.17, 15) is 15.0 Å². The average Bonchev–Trinajstić information content (AvgIpc) is 3.37. The first-order valence-electron chi connectivity index (χ1n) is 13.1. The van der Waals surface area contributed by atoms with E-state index in [1.54, 1.807) is 29.1 Å². The summed E-state index contributed by atoms with van der Waals surface area (Å²) in [5.41, 5.74) is 4.71. The minimum absolute atomic E-state index is 0.112. The van der Waals surface area contributed by atoms with Gasteiger partial charge >= 0.3 is 5.97 Å². The molecule has 0 fully saturated rings. The number of aliphatic carboxylic acids is 1. The maximum Gasteiger partial charge on any atom is 0.305 e. The van der Waals surface area contributed by atoms with Gasteiger partial charge in [-0.3, -0.25) is 4.79 Å². The molecule has 206 valence electrons. The van der Waals surface area contributed by atoms with Gasteiger partial charge < -0.3 is 20.6 Å². The molecule has 0 aliphatic rings. The maximum absolute atomic E-state index is 11.0. The Morgan fingerprint density at radius 3 is 2.17 bits per heavy atom. The Hall–Kier alpha value is -5.12. The van der Waals surface area contributed by atoms with Crippen LogP contribution in [-0.2, 0) is 4.79 Å². The molecule has 0 saturated carbocycles. The molecule has 2 heterocycles. The van der Waals surface area contributed by atoms with Gasteiger partial charge in [0, 0.05) is 41.1 Å². The number of aromatic nitrogens is 4. The molecule has 0 bridgehead atoms. The monoisotopic (exact) mass is 547 g/mol. The normalized spacial score (nSPS) is 12.7. The van der Waals surface area contributed by atoms with Crippen LogP contribution < -0.4 is 5.32 Å². The Kier molecular flexibility index (Phi) is 8.58. The van der Waals surface area contributed by atoms with Crippen molar-refractivity contribution in [1.82, 2.24) is 19.7 Å². The lowest BCUT2D eigenvalue weighted by atomic mass is 10.00. The van der Waals surface area contributed by atoms with Gasteiger partial charge in [0.25, 0.3) is 0 Å². The summed E-state index contributed by atoms with van der Waals surface area (Å²) in [7, 11) is 0. The van der Waals surface area contributed by atoms with E-state index >= 15 is 0 Å². The van der Waals surface area contributed by atoms with Crippen molar-refractivity contribution in [2.24, 2.45) is 0 Å². The van der Waals surface area contributed by atoms with E-state index in [-0.39, 0.29) is 6.42 Å². The highest BCUT2D eigenvalue weighted by molar-refractivity contribution is 5.84. The van der Waals surface area contributed by atoms with Gasteiger partial charge in [0.05, 0.1) is 24.3 Å². The van der Waals surface area contributed by atoms with Crippen molar-refractivity contribution in [3.63, 3.8) is 0 Å². The number of carbonyl (C=O) groups is 1. The minimum atomic E-state index is -1.17. The quantitative estimate of drug-likeness (QED) is 0.174. The maximum atomic E-state index is 11.0. The number of rotatable bonds is 11. The number of benzene rings is 3. The summed E-state index contributed by atoms with van der Waals surface area (Å²) in [4.78, 5) is 20.1. The third kappa shape index (κ3) is 6.91. The van der Waals surface area contributed by atoms with E-state index in [2.05, 4.69) is 10.3 Å². The number of carboxylic acid groups (broad SMARTS) is 1. The summed E-state index contributed by atoms with van der Waals surface area (Å²) in [6.45, 7) is 0. The predicted molar refractivity (Wildman–Crippen MR) is 158 cm³/mol. The second-order valence-electron chi connectivity index (χ2n) is 9.40. The Bertz CT molecular complexity index is 1620. The lowest BCUT2D eigenvalue weighted by molar-refractivity contribution is -0.139. The van der Waals surface area contributed by atoms with Crippen LogP contribution in [0.15, 0.2) is 109 Å². The molecule has 4 N–H and O–H groups in total. The fourth-order valence-corrected chi connectivity index (χ4v) is 4.46. The van der Waals surface area contributed by atoms with Gasteiger partial charge in [-0.2, -0.15) is 10.1 Å². The SMILES string of the molecule is O=C(O)CC(O)CC(O)C=Cc1c(-c2ccccc2)nn(-c2ccnc(Nc3ccccc3)n2)c1-c1ccccc1. The van der Waals surface area contributed by atoms with Gasteiger partial charge in [-0.05, 0) is 12.1 Å². The summed E-state index contributed by atoms with van der Waals surface area (Å²) in [6.07, 6.45) is 2.17. The molecular weight excluding hydrogens is 518 g/mol. The first-order valence-corrected chi connectivity index (χ1v) is 13.1.